The van der Waals surface area contributed by atoms with Crippen LogP contribution in [0.5, 0.6) is 0 Å². The minimum absolute atomic E-state index is 0.147. The molecule has 3 rings (SSSR count). The van der Waals surface area contributed by atoms with Crippen LogP contribution < -0.4 is 10.6 Å². The van der Waals surface area contributed by atoms with Gasteiger partial charge in [-0.05, 0) is 26.2 Å². The zero-order chi connectivity index (χ0) is 21.7. The first kappa shape index (κ1) is 22.3. The summed E-state index contributed by atoms with van der Waals surface area (Å²) < 4.78 is 6.44. The van der Waals surface area contributed by atoms with Gasteiger partial charge in [-0.1, -0.05) is 26.2 Å². The summed E-state index contributed by atoms with van der Waals surface area (Å²) >= 11 is 0. The summed E-state index contributed by atoms with van der Waals surface area (Å²) in [4.78, 5) is 40.6. The molecule has 1 fully saturated rings. The van der Waals surface area contributed by atoms with Gasteiger partial charge in [0.15, 0.2) is 5.69 Å². The quantitative estimate of drug-likeness (QED) is 0.588. The van der Waals surface area contributed by atoms with Crippen LogP contribution in [0.2, 0.25) is 0 Å². The highest BCUT2D eigenvalue weighted by atomic mass is 16.5. The van der Waals surface area contributed by atoms with Gasteiger partial charge in [0.2, 0.25) is 5.91 Å². The van der Waals surface area contributed by atoms with Crippen molar-refractivity contribution in [2.45, 2.75) is 70.5 Å². The largest absolute Gasteiger partial charge is 0.383 e. The second kappa shape index (κ2) is 9.59. The highest BCUT2D eigenvalue weighted by Crippen LogP contribution is 2.29. The number of rotatable bonds is 9. The topological polar surface area (TPSA) is 106 Å². The smallest absolute Gasteiger partial charge is 0.273 e. The molecule has 1 unspecified atom stereocenters. The Kier molecular flexibility index (Phi) is 7.12. The Labute approximate surface area is 177 Å². The number of unbranched alkanes of at least 4 members (excludes halogenated alkanes) is 1. The van der Waals surface area contributed by atoms with Crippen LogP contribution in [0.3, 0.4) is 0 Å². The number of nitrogens with zero attached hydrogens (tertiary/aromatic N) is 3. The van der Waals surface area contributed by atoms with Gasteiger partial charge in [-0.2, -0.15) is 5.10 Å². The number of methoxy groups -OCH3 is 1. The molecule has 0 saturated heterocycles. The van der Waals surface area contributed by atoms with Gasteiger partial charge in [-0.15, -0.1) is 0 Å². The van der Waals surface area contributed by atoms with E-state index in [0.29, 0.717) is 25.4 Å². The number of carbonyl (C=O) groups excluding carboxylic acids is 3. The van der Waals surface area contributed by atoms with E-state index >= 15 is 0 Å². The van der Waals surface area contributed by atoms with Crippen LogP contribution in [-0.4, -0.2) is 70.8 Å². The van der Waals surface area contributed by atoms with Crippen molar-refractivity contribution < 1.29 is 19.1 Å². The predicted molar refractivity (Wildman–Crippen MR) is 111 cm³/mol. The fraction of sp³-hybridized carbons (Fsp3) is 0.714. The van der Waals surface area contributed by atoms with Crippen LogP contribution in [-0.2, 0) is 16.1 Å². The molecule has 0 radical (unpaired) electrons. The summed E-state index contributed by atoms with van der Waals surface area (Å²) in [6.45, 7) is 5.31. The van der Waals surface area contributed by atoms with Crippen LogP contribution in [0, 0.1) is 0 Å². The van der Waals surface area contributed by atoms with E-state index in [1.165, 1.54) is 10.7 Å². The van der Waals surface area contributed by atoms with Gasteiger partial charge in [0.1, 0.15) is 11.2 Å². The summed E-state index contributed by atoms with van der Waals surface area (Å²) in [5, 5.41) is 10.2. The minimum Gasteiger partial charge on any atom is -0.383 e. The molecule has 2 heterocycles. The number of amides is 3. The van der Waals surface area contributed by atoms with Crippen LogP contribution in [0.1, 0.15) is 73.3 Å². The van der Waals surface area contributed by atoms with E-state index in [0.717, 1.165) is 38.5 Å². The first-order valence-electron chi connectivity index (χ1n) is 10.9. The molecule has 2 N–H and O–H groups in total. The van der Waals surface area contributed by atoms with Gasteiger partial charge in [0.25, 0.3) is 11.8 Å². The number of aromatic nitrogens is 2. The number of nitrogens with one attached hydrogen (secondary N) is 2. The van der Waals surface area contributed by atoms with Crippen molar-refractivity contribution in [3.63, 3.8) is 0 Å². The summed E-state index contributed by atoms with van der Waals surface area (Å²) in [5.74, 6) is -0.771. The van der Waals surface area contributed by atoms with Gasteiger partial charge in [-0.3, -0.25) is 19.1 Å². The molecule has 9 nitrogen and oxygen atoms in total. The molecular weight excluding hydrogens is 386 g/mol. The lowest BCUT2D eigenvalue weighted by Crippen LogP contribution is -2.65. The molecule has 1 atom stereocenters. The number of hydrogen-bond acceptors (Lipinski definition) is 5. The van der Waals surface area contributed by atoms with Gasteiger partial charge in [0, 0.05) is 32.3 Å². The van der Waals surface area contributed by atoms with Gasteiger partial charge in [-0.25, -0.2) is 0 Å². The number of hydrogen-bond donors (Lipinski definition) is 2. The molecule has 1 aliphatic carbocycles. The zero-order valence-corrected chi connectivity index (χ0v) is 18.2. The highest BCUT2D eigenvalue weighted by molar-refractivity contribution is 6.01. The number of fused-ring (bicyclic) bond motifs is 1. The van der Waals surface area contributed by atoms with Crippen molar-refractivity contribution in [2.24, 2.45) is 0 Å². The lowest BCUT2D eigenvalue weighted by molar-refractivity contribution is -0.133. The minimum atomic E-state index is -1.04. The molecule has 1 aliphatic heterocycles. The second-order valence-electron chi connectivity index (χ2n) is 8.36. The van der Waals surface area contributed by atoms with Gasteiger partial charge < -0.3 is 20.3 Å². The van der Waals surface area contributed by atoms with Crippen LogP contribution in [0.15, 0.2) is 6.07 Å². The molecule has 1 aromatic heterocycles. The Bertz CT molecular complexity index is 786. The molecule has 1 saturated carbocycles. The maximum Gasteiger partial charge on any atom is 0.273 e. The first-order chi connectivity index (χ1) is 14.4. The third-order valence-corrected chi connectivity index (χ3v) is 6.04. The lowest BCUT2D eigenvalue weighted by atomic mass is 9.94. The fourth-order valence-corrected chi connectivity index (χ4v) is 4.19. The van der Waals surface area contributed by atoms with Crippen LogP contribution in [0.25, 0.3) is 0 Å². The summed E-state index contributed by atoms with van der Waals surface area (Å²) in [5.41, 5.74) is -0.531. The SMILES string of the molecule is CCCCN1C(=O)c2cc(C(=O)NCCOC)nn2CC1(C)C(=O)NC1CCCC1. The Morgan fingerprint density at radius 1 is 1.33 bits per heavy atom. The molecule has 166 valence electrons. The van der Waals surface area contributed by atoms with Crippen molar-refractivity contribution in [3.8, 4) is 0 Å². The molecule has 30 heavy (non-hydrogen) atoms. The molecule has 3 amide bonds. The van der Waals surface area contributed by atoms with Crippen LogP contribution in [0.4, 0.5) is 0 Å². The summed E-state index contributed by atoms with van der Waals surface area (Å²) in [7, 11) is 1.56. The third-order valence-electron chi connectivity index (χ3n) is 6.04. The maximum absolute atomic E-state index is 13.3. The molecule has 1 aromatic rings. The Morgan fingerprint density at radius 3 is 2.73 bits per heavy atom. The summed E-state index contributed by atoms with van der Waals surface area (Å²) in [6, 6.07) is 1.68. The fourth-order valence-electron chi connectivity index (χ4n) is 4.19. The van der Waals surface area contributed by atoms with Crippen molar-refractivity contribution in [3.05, 3.63) is 17.5 Å². The lowest BCUT2D eigenvalue weighted by Gasteiger charge is -2.43. The highest BCUT2D eigenvalue weighted by Gasteiger charge is 2.48. The maximum atomic E-state index is 13.3. The van der Waals surface area contributed by atoms with E-state index < -0.39 is 5.54 Å². The van der Waals surface area contributed by atoms with E-state index in [2.05, 4.69) is 22.7 Å². The second-order valence-corrected chi connectivity index (χ2v) is 8.36. The number of ether oxygens (including phenoxy) is 1. The van der Waals surface area contributed by atoms with E-state index in [1.54, 1.807) is 18.9 Å². The number of carbonyl (C=O) groups is 3. The molecule has 0 bridgehead atoms. The van der Waals surface area contributed by atoms with Crippen molar-refractivity contribution in [1.82, 2.24) is 25.3 Å². The van der Waals surface area contributed by atoms with Crippen molar-refractivity contribution in [2.75, 3.05) is 26.8 Å². The van der Waals surface area contributed by atoms with Crippen molar-refractivity contribution >= 4 is 17.7 Å². The van der Waals surface area contributed by atoms with Gasteiger partial charge >= 0.3 is 0 Å². The Balaban J connectivity index is 1.84. The predicted octanol–water partition coefficient (Wildman–Crippen LogP) is 1.33. The van der Waals surface area contributed by atoms with E-state index in [1.807, 2.05) is 0 Å². The first-order valence-corrected chi connectivity index (χ1v) is 10.9. The van der Waals surface area contributed by atoms with Gasteiger partial charge in [0.05, 0.1) is 13.2 Å². The normalized spacial score (nSPS) is 21.6. The van der Waals surface area contributed by atoms with Crippen LogP contribution >= 0.6 is 0 Å². The monoisotopic (exact) mass is 419 g/mol. The average Bonchev–Trinajstić information content (AvgIpc) is 3.37. The molecular formula is C21H33N5O4. The molecule has 0 spiro atoms. The zero-order valence-electron chi connectivity index (χ0n) is 18.2. The Morgan fingerprint density at radius 2 is 2.07 bits per heavy atom. The van der Waals surface area contributed by atoms with E-state index in [9.17, 15) is 14.4 Å². The Hall–Kier alpha value is -2.42. The average molecular weight is 420 g/mol. The molecule has 9 heteroatoms. The van der Waals surface area contributed by atoms with E-state index in [4.69, 9.17) is 4.74 Å². The summed E-state index contributed by atoms with van der Waals surface area (Å²) in [6.07, 6.45) is 5.90. The molecule has 2 aliphatic rings. The third kappa shape index (κ3) is 4.50. The van der Waals surface area contributed by atoms with E-state index in [-0.39, 0.29) is 36.0 Å². The molecule has 0 aromatic carbocycles. The standard InChI is InChI=1S/C21H33N5O4/c1-4-5-11-25-19(28)17-13-16(18(27)22-10-12-30-3)24-26(17)14-21(25,2)20(29)23-15-8-6-7-9-15/h13,15H,4-12,14H2,1-3H3,(H,22,27)(H,23,29). The van der Waals surface area contributed by atoms with Crippen molar-refractivity contribution in [1.29, 1.82) is 0 Å².